The Kier molecular flexibility index (Phi) is 8.93. The Morgan fingerprint density at radius 3 is 2.59 bits per heavy atom. The maximum atomic E-state index is 14.2. The lowest BCUT2D eigenvalue weighted by Crippen LogP contribution is -2.66. The van der Waals surface area contributed by atoms with Crippen molar-refractivity contribution in [3.8, 4) is 12.3 Å². The number of thiazole rings is 1. The third-order valence-corrected chi connectivity index (χ3v) is 9.66. The van der Waals surface area contributed by atoms with Gasteiger partial charge in [-0.05, 0) is 47.0 Å². The van der Waals surface area contributed by atoms with Crippen molar-refractivity contribution in [2.24, 2.45) is 0 Å². The summed E-state index contributed by atoms with van der Waals surface area (Å²) >= 11 is 13.6. The number of rotatable bonds is 8. The molecule has 1 aromatic heterocycles. The molecular formula is C32H30Cl2N8O3S. The average molecular weight is 678 g/mol. The minimum Gasteiger partial charge on any atom is -0.399 e. The molecule has 0 saturated carbocycles. The number of nitrogens with zero attached hydrogens (tertiary/aromatic N) is 5. The Labute approximate surface area is 279 Å². The van der Waals surface area contributed by atoms with Crippen LogP contribution in [0.5, 0.6) is 0 Å². The molecule has 0 spiro atoms. The van der Waals surface area contributed by atoms with Gasteiger partial charge in [0.25, 0.3) is 0 Å². The predicted molar refractivity (Wildman–Crippen MR) is 179 cm³/mol. The fraction of sp³-hybridized carbons (Fsp3) is 0.250. The number of fused-ring (bicyclic) bond motifs is 2. The maximum Gasteiger partial charge on any atom is 0.333 e. The van der Waals surface area contributed by atoms with Crippen molar-refractivity contribution in [1.29, 1.82) is 0 Å². The van der Waals surface area contributed by atoms with Crippen LogP contribution >= 0.6 is 34.5 Å². The molecule has 0 radical (unpaired) electrons. The second-order valence-corrected chi connectivity index (χ2v) is 12.9. The zero-order valence-electron chi connectivity index (χ0n) is 24.5. The summed E-state index contributed by atoms with van der Waals surface area (Å²) in [7, 11) is 0. The van der Waals surface area contributed by atoms with E-state index in [1.165, 1.54) is 16.3 Å². The Bertz CT molecular complexity index is 1860. The molecule has 11 nitrogen and oxygen atoms in total. The molecule has 0 unspecified atom stereocenters. The summed E-state index contributed by atoms with van der Waals surface area (Å²) in [6.07, 6.45) is 5.31. The van der Waals surface area contributed by atoms with E-state index in [1.54, 1.807) is 45.1 Å². The van der Waals surface area contributed by atoms with Crippen LogP contribution in [0.3, 0.4) is 0 Å². The van der Waals surface area contributed by atoms with Gasteiger partial charge in [-0.3, -0.25) is 9.59 Å². The van der Waals surface area contributed by atoms with Gasteiger partial charge in [-0.2, -0.15) is 5.01 Å². The van der Waals surface area contributed by atoms with E-state index >= 15 is 0 Å². The number of amides is 4. The highest BCUT2D eigenvalue weighted by atomic mass is 35.5. The van der Waals surface area contributed by atoms with Crippen molar-refractivity contribution in [1.82, 2.24) is 30.1 Å². The van der Waals surface area contributed by atoms with Crippen molar-refractivity contribution < 1.29 is 14.4 Å². The number of carbonyl (C=O) groups is 3. The number of nitrogens with two attached hydrogens (primary N) is 2. The van der Waals surface area contributed by atoms with E-state index < -0.39 is 18.2 Å². The van der Waals surface area contributed by atoms with Gasteiger partial charge in [-0.1, -0.05) is 70.8 Å². The van der Waals surface area contributed by atoms with Crippen LogP contribution in [0, 0.1) is 12.3 Å². The van der Waals surface area contributed by atoms with Gasteiger partial charge in [-0.15, -0.1) is 6.42 Å². The highest BCUT2D eigenvalue weighted by molar-refractivity contribution is 7.22. The van der Waals surface area contributed by atoms with Crippen LogP contribution in [0.25, 0.3) is 10.2 Å². The first kappa shape index (κ1) is 31.4. The molecule has 0 bridgehead atoms. The molecule has 2 atom stereocenters. The Morgan fingerprint density at radius 2 is 1.85 bits per heavy atom. The number of halogens is 2. The normalized spacial score (nSPS) is 18.1. The van der Waals surface area contributed by atoms with Crippen LogP contribution in [0.1, 0.15) is 16.7 Å². The smallest absolute Gasteiger partial charge is 0.333 e. The standard InChI is InChI=1S/C32H30Cl2N8O3S/c1-2-12-40(32(45)37-15-20-8-11-23(33)24(34)13-20)41-18-28(43)42-25(14-19-6-9-22(35)10-7-19)30(44)39(17-27(41)42)16-21-4-3-5-26-29(21)38-31(36)46-26/h1,3-11,13,25,27H,12,14-18,35H2,(H2,36,38)(H,37,45)/t25-,27+/m0/s1. The first-order chi connectivity index (χ1) is 22.1. The molecule has 3 heterocycles. The molecule has 0 aliphatic carbocycles. The summed E-state index contributed by atoms with van der Waals surface area (Å²) in [5, 5.41) is 7.05. The quantitative estimate of drug-likeness (QED) is 0.190. The van der Waals surface area contributed by atoms with Crippen molar-refractivity contribution in [2.75, 3.05) is 31.1 Å². The van der Waals surface area contributed by atoms with Crippen molar-refractivity contribution in [2.45, 2.75) is 31.7 Å². The summed E-state index contributed by atoms with van der Waals surface area (Å²) in [5.41, 5.74) is 15.6. The monoisotopic (exact) mass is 676 g/mol. The number of piperazine rings is 1. The third kappa shape index (κ3) is 6.27. The summed E-state index contributed by atoms with van der Waals surface area (Å²) in [6, 6.07) is 16.7. The molecule has 5 N–H and O–H groups in total. The molecule has 4 aromatic rings. The molecule has 3 aromatic carbocycles. The molecule has 6 rings (SSSR count). The fourth-order valence-electron chi connectivity index (χ4n) is 5.91. The molecule has 2 fully saturated rings. The van der Waals surface area contributed by atoms with E-state index in [0.29, 0.717) is 20.9 Å². The SMILES string of the molecule is C#CCN(C(=O)NCc1ccc(Cl)c(Cl)c1)N1CC(=O)N2[C@@H](Cc3ccc(N)cc3)C(=O)N(Cc3cccc4sc(N)nc34)C[C@@H]21. The molecule has 2 saturated heterocycles. The molecule has 4 amide bonds. The summed E-state index contributed by atoms with van der Waals surface area (Å²) in [6.45, 7) is 0.295. The number of nitrogen functional groups attached to an aromatic ring is 2. The number of anilines is 2. The van der Waals surface area contributed by atoms with Gasteiger partial charge < -0.3 is 26.6 Å². The molecular weight excluding hydrogens is 647 g/mol. The van der Waals surface area contributed by atoms with E-state index in [9.17, 15) is 14.4 Å². The van der Waals surface area contributed by atoms with Crippen LogP contribution in [0.15, 0.2) is 60.7 Å². The lowest BCUT2D eigenvalue weighted by Gasteiger charge is -2.46. The second-order valence-electron chi connectivity index (χ2n) is 11.0. The number of hydrogen-bond acceptors (Lipinski definition) is 8. The van der Waals surface area contributed by atoms with Crippen molar-refractivity contribution in [3.05, 3.63) is 87.4 Å². The van der Waals surface area contributed by atoms with E-state index in [1.807, 2.05) is 30.3 Å². The fourth-order valence-corrected chi connectivity index (χ4v) is 7.01. The first-order valence-electron chi connectivity index (χ1n) is 14.4. The molecule has 46 heavy (non-hydrogen) atoms. The summed E-state index contributed by atoms with van der Waals surface area (Å²) in [4.78, 5) is 49.2. The highest BCUT2D eigenvalue weighted by Gasteiger charge is 2.52. The van der Waals surface area contributed by atoms with Gasteiger partial charge in [-0.25, -0.2) is 14.8 Å². The van der Waals surface area contributed by atoms with Gasteiger partial charge in [0.15, 0.2) is 5.13 Å². The maximum absolute atomic E-state index is 14.2. The van der Waals surface area contributed by atoms with Crippen LogP contribution in [0.2, 0.25) is 10.0 Å². The highest BCUT2D eigenvalue weighted by Crippen LogP contribution is 2.32. The topological polar surface area (TPSA) is 141 Å². The minimum absolute atomic E-state index is 0.0984. The van der Waals surface area contributed by atoms with Gasteiger partial charge in [0.05, 0.1) is 39.9 Å². The predicted octanol–water partition coefficient (Wildman–Crippen LogP) is 3.95. The van der Waals surface area contributed by atoms with Gasteiger partial charge >= 0.3 is 6.03 Å². The Hall–Kier alpha value is -4.54. The van der Waals surface area contributed by atoms with Crippen molar-refractivity contribution >= 4 is 73.4 Å². The van der Waals surface area contributed by atoms with E-state index in [0.717, 1.165) is 26.9 Å². The number of benzene rings is 3. The number of para-hydroxylation sites is 1. The number of hydrogen-bond donors (Lipinski definition) is 3. The first-order valence-corrected chi connectivity index (χ1v) is 16.0. The number of aromatic nitrogens is 1. The molecule has 14 heteroatoms. The van der Waals surface area contributed by atoms with Gasteiger partial charge in [0.2, 0.25) is 11.8 Å². The van der Waals surface area contributed by atoms with E-state index in [-0.39, 0.29) is 51.0 Å². The Balaban J connectivity index is 1.31. The van der Waals surface area contributed by atoms with Crippen molar-refractivity contribution in [3.63, 3.8) is 0 Å². The summed E-state index contributed by atoms with van der Waals surface area (Å²) < 4.78 is 0.913. The van der Waals surface area contributed by atoms with Gasteiger partial charge in [0, 0.05) is 25.2 Å². The van der Waals surface area contributed by atoms with E-state index in [4.69, 9.17) is 41.1 Å². The zero-order valence-corrected chi connectivity index (χ0v) is 26.9. The Morgan fingerprint density at radius 1 is 1.09 bits per heavy atom. The molecule has 2 aliphatic rings. The second kappa shape index (κ2) is 13.1. The number of carbonyl (C=O) groups excluding carboxylic acids is 3. The van der Waals surface area contributed by atoms with Gasteiger partial charge in [0.1, 0.15) is 12.2 Å². The minimum atomic E-state index is -0.827. The molecule has 2 aliphatic heterocycles. The number of hydrazine groups is 1. The average Bonchev–Trinajstić information content (AvgIpc) is 3.58. The summed E-state index contributed by atoms with van der Waals surface area (Å²) in [5.74, 6) is 2.04. The number of urea groups is 1. The third-order valence-electron chi connectivity index (χ3n) is 8.07. The lowest BCUT2D eigenvalue weighted by molar-refractivity contribution is -0.157. The largest absolute Gasteiger partial charge is 0.399 e. The van der Waals surface area contributed by atoms with Crippen LogP contribution in [0.4, 0.5) is 15.6 Å². The zero-order chi connectivity index (χ0) is 32.5. The number of terminal acetylenes is 1. The number of nitrogens with one attached hydrogen (secondary N) is 1. The van der Waals surface area contributed by atoms with Crippen LogP contribution in [-0.2, 0) is 29.1 Å². The molecule has 236 valence electrons. The van der Waals surface area contributed by atoms with E-state index in [2.05, 4.69) is 16.2 Å². The lowest BCUT2D eigenvalue weighted by atomic mass is 9.99. The van der Waals surface area contributed by atoms with Crippen LogP contribution in [-0.4, -0.2) is 74.5 Å². The van der Waals surface area contributed by atoms with Crippen LogP contribution < -0.4 is 16.8 Å².